The highest BCUT2D eigenvalue weighted by molar-refractivity contribution is 6.71. The number of guanidine groups is 1. The Morgan fingerprint density at radius 3 is 2.50 bits per heavy atom. The highest BCUT2D eigenvalue weighted by Crippen LogP contribution is 2.11. The fraction of sp³-hybridized carbons (Fsp3) is 0.889. The molecule has 0 amide bonds. The van der Waals surface area contributed by atoms with Gasteiger partial charge in [-0.25, -0.2) is 0 Å². The third kappa shape index (κ3) is 5.99. The number of hydrogen-bond donors (Lipinski definition) is 2. The Morgan fingerprint density at radius 1 is 1.43 bits per heavy atom. The van der Waals surface area contributed by atoms with E-state index in [1.165, 1.54) is 6.04 Å². The van der Waals surface area contributed by atoms with E-state index in [1.807, 2.05) is 14.2 Å². The lowest BCUT2D eigenvalue weighted by molar-refractivity contribution is 0.402. The standard InChI is InChI=1S/C9H23N3OSi/c1-10-9(11-2)12-7-6-8-14(4,5)13-3/h6-8H2,1-5H3,(H2,10,11,12). The van der Waals surface area contributed by atoms with Crippen molar-refractivity contribution in [2.75, 3.05) is 27.7 Å². The minimum absolute atomic E-state index is 0.849. The molecule has 0 atom stereocenters. The highest BCUT2D eigenvalue weighted by Gasteiger charge is 2.19. The van der Waals surface area contributed by atoms with Crippen LogP contribution in [0.4, 0.5) is 0 Å². The maximum absolute atomic E-state index is 5.46. The van der Waals surface area contributed by atoms with Crippen molar-refractivity contribution in [2.24, 2.45) is 4.99 Å². The first kappa shape index (κ1) is 13.4. The van der Waals surface area contributed by atoms with E-state index < -0.39 is 8.32 Å². The van der Waals surface area contributed by atoms with Crippen LogP contribution < -0.4 is 10.6 Å². The predicted octanol–water partition coefficient (Wildman–Crippen LogP) is 1.02. The highest BCUT2D eigenvalue weighted by atomic mass is 28.4. The van der Waals surface area contributed by atoms with Crippen molar-refractivity contribution in [1.29, 1.82) is 0 Å². The molecule has 0 rings (SSSR count). The van der Waals surface area contributed by atoms with Crippen LogP contribution in [0.1, 0.15) is 6.42 Å². The summed E-state index contributed by atoms with van der Waals surface area (Å²) in [5.41, 5.74) is 0. The van der Waals surface area contributed by atoms with E-state index >= 15 is 0 Å². The van der Waals surface area contributed by atoms with Crippen LogP contribution in [0.3, 0.4) is 0 Å². The zero-order valence-corrected chi connectivity index (χ0v) is 11.0. The zero-order valence-electron chi connectivity index (χ0n) is 9.98. The van der Waals surface area contributed by atoms with Gasteiger partial charge in [-0.2, -0.15) is 0 Å². The van der Waals surface area contributed by atoms with Crippen molar-refractivity contribution in [3.05, 3.63) is 0 Å². The van der Waals surface area contributed by atoms with Crippen LogP contribution in [0, 0.1) is 0 Å². The molecular weight excluding hydrogens is 194 g/mol. The first-order chi connectivity index (χ1) is 6.55. The first-order valence-electron chi connectivity index (χ1n) is 4.99. The second-order valence-corrected chi connectivity index (χ2v) is 8.24. The van der Waals surface area contributed by atoms with E-state index in [9.17, 15) is 0 Å². The van der Waals surface area contributed by atoms with Gasteiger partial charge in [0, 0.05) is 27.7 Å². The van der Waals surface area contributed by atoms with Crippen LogP contribution in [0.2, 0.25) is 19.1 Å². The first-order valence-corrected chi connectivity index (χ1v) is 8.11. The molecule has 0 aliphatic rings. The quantitative estimate of drug-likeness (QED) is 0.313. The lowest BCUT2D eigenvalue weighted by Gasteiger charge is -2.19. The largest absolute Gasteiger partial charge is 0.420 e. The number of aliphatic imine (C=N–C) groups is 1. The van der Waals surface area contributed by atoms with E-state index in [1.54, 1.807) is 7.05 Å². The molecule has 5 heteroatoms. The molecule has 0 aromatic heterocycles. The molecule has 0 bridgehead atoms. The molecule has 4 nitrogen and oxygen atoms in total. The normalized spacial score (nSPS) is 12.8. The second kappa shape index (κ2) is 6.84. The third-order valence-corrected chi connectivity index (χ3v) is 4.92. The molecule has 0 fully saturated rings. The van der Waals surface area contributed by atoms with Gasteiger partial charge in [0.15, 0.2) is 14.3 Å². The molecule has 0 aliphatic carbocycles. The smallest absolute Gasteiger partial charge is 0.190 e. The Labute approximate surface area is 88.3 Å². The maximum Gasteiger partial charge on any atom is 0.190 e. The number of hydrogen-bond acceptors (Lipinski definition) is 2. The van der Waals surface area contributed by atoms with Crippen molar-refractivity contribution in [3.8, 4) is 0 Å². The summed E-state index contributed by atoms with van der Waals surface area (Å²) in [5, 5.41) is 6.20. The van der Waals surface area contributed by atoms with Gasteiger partial charge in [-0.1, -0.05) is 0 Å². The van der Waals surface area contributed by atoms with E-state index in [4.69, 9.17) is 4.43 Å². The van der Waals surface area contributed by atoms with Crippen LogP contribution in [0.5, 0.6) is 0 Å². The molecule has 0 aromatic carbocycles. The molecule has 2 N–H and O–H groups in total. The molecule has 0 spiro atoms. The summed E-state index contributed by atoms with van der Waals surface area (Å²) in [6.07, 6.45) is 1.13. The summed E-state index contributed by atoms with van der Waals surface area (Å²) in [6, 6.07) is 1.18. The zero-order chi connectivity index (χ0) is 11.0. The number of nitrogens with zero attached hydrogens (tertiary/aromatic N) is 1. The monoisotopic (exact) mass is 217 g/mol. The summed E-state index contributed by atoms with van der Waals surface area (Å²) >= 11 is 0. The molecule has 0 heterocycles. The van der Waals surface area contributed by atoms with E-state index in [0.29, 0.717) is 0 Å². The van der Waals surface area contributed by atoms with Gasteiger partial charge in [0.1, 0.15) is 0 Å². The molecule has 0 saturated heterocycles. The van der Waals surface area contributed by atoms with Crippen molar-refractivity contribution in [3.63, 3.8) is 0 Å². The van der Waals surface area contributed by atoms with Gasteiger partial charge >= 0.3 is 0 Å². The summed E-state index contributed by atoms with van der Waals surface area (Å²) in [5.74, 6) is 0.849. The second-order valence-electron chi connectivity index (χ2n) is 3.82. The Bertz CT molecular complexity index is 183. The lowest BCUT2D eigenvalue weighted by atomic mass is 10.5. The summed E-state index contributed by atoms with van der Waals surface area (Å²) in [6.45, 7) is 5.42. The number of nitrogens with one attached hydrogen (secondary N) is 2. The molecule has 0 unspecified atom stereocenters. The van der Waals surface area contributed by atoms with Crippen LogP contribution >= 0.6 is 0 Å². The minimum Gasteiger partial charge on any atom is -0.420 e. The Hall–Kier alpha value is -0.553. The van der Waals surface area contributed by atoms with Crippen LogP contribution in [0.15, 0.2) is 4.99 Å². The Balaban J connectivity index is 3.56. The molecule has 84 valence electrons. The molecule has 0 aliphatic heterocycles. The van der Waals surface area contributed by atoms with Gasteiger partial charge in [-0.05, 0) is 25.6 Å². The van der Waals surface area contributed by atoms with Gasteiger partial charge in [-0.15, -0.1) is 0 Å². The van der Waals surface area contributed by atoms with Gasteiger partial charge in [0.25, 0.3) is 0 Å². The molecule has 0 saturated carbocycles. The van der Waals surface area contributed by atoms with E-state index in [-0.39, 0.29) is 0 Å². The SMILES string of the molecule is CN=C(NC)NCCC[Si](C)(C)OC. The summed E-state index contributed by atoms with van der Waals surface area (Å²) in [7, 11) is 4.08. The molecule has 0 aromatic rings. The molecular formula is C9H23N3OSi. The Morgan fingerprint density at radius 2 is 2.07 bits per heavy atom. The minimum atomic E-state index is -1.37. The van der Waals surface area contributed by atoms with E-state index in [2.05, 4.69) is 28.7 Å². The predicted molar refractivity (Wildman–Crippen MR) is 64.3 cm³/mol. The van der Waals surface area contributed by atoms with Gasteiger partial charge in [0.2, 0.25) is 0 Å². The lowest BCUT2D eigenvalue weighted by Crippen LogP contribution is -2.36. The van der Waals surface area contributed by atoms with Crippen LogP contribution in [-0.2, 0) is 4.43 Å². The summed E-state index contributed by atoms with van der Waals surface area (Å²) < 4.78 is 5.46. The van der Waals surface area contributed by atoms with Crippen molar-refractivity contribution in [2.45, 2.75) is 25.6 Å². The van der Waals surface area contributed by atoms with Gasteiger partial charge in [0.05, 0.1) is 0 Å². The number of rotatable bonds is 5. The van der Waals surface area contributed by atoms with Crippen molar-refractivity contribution < 1.29 is 4.43 Å². The summed E-state index contributed by atoms with van der Waals surface area (Å²) in [4.78, 5) is 4.04. The van der Waals surface area contributed by atoms with Gasteiger partial charge < -0.3 is 15.1 Å². The average Bonchev–Trinajstić information content (AvgIpc) is 2.18. The fourth-order valence-electron chi connectivity index (χ4n) is 1.10. The third-order valence-electron chi connectivity index (χ3n) is 2.26. The average molecular weight is 217 g/mol. The van der Waals surface area contributed by atoms with Gasteiger partial charge in [-0.3, -0.25) is 4.99 Å². The fourth-order valence-corrected chi connectivity index (χ4v) is 2.33. The molecule has 0 radical (unpaired) electrons. The van der Waals surface area contributed by atoms with Crippen LogP contribution in [-0.4, -0.2) is 42.0 Å². The molecule has 14 heavy (non-hydrogen) atoms. The van der Waals surface area contributed by atoms with Crippen LogP contribution in [0.25, 0.3) is 0 Å². The Kier molecular flexibility index (Phi) is 6.57. The maximum atomic E-state index is 5.46. The topological polar surface area (TPSA) is 45.7 Å². The van der Waals surface area contributed by atoms with Crippen molar-refractivity contribution in [1.82, 2.24) is 10.6 Å². The van der Waals surface area contributed by atoms with E-state index in [0.717, 1.165) is 18.9 Å². The van der Waals surface area contributed by atoms with Crippen molar-refractivity contribution >= 4 is 14.3 Å².